The van der Waals surface area contributed by atoms with E-state index in [0.717, 1.165) is 13.2 Å². The Morgan fingerprint density at radius 1 is 1.36 bits per heavy atom. The molecule has 0 atom stereocenters. The minimum Gasteiger partial charge on any atom is -0.379 e. The van der Waals surface area contributed by atoms with Crippen LogP contribution in [0.2, 0.25) is 0 Å². The van der Waals surface area contributed by atoms with Crippen LogP contribution in [0.5, 0.6) is 0 Å². The highest BCUT2D eigenvalue weighted by atomic mass is 16.5. The van der Waals surface area contributed by atoms with E-state index in [4.69, 9.17) is 10.5 Å². The predicted molar refractivity (Wildman–Crippen MR) is 53.1 cm³/mol. The van der Waals surface area contributed by atoms with E-state index in [1.54, 1.807) is 12.1 Å². The molecule has 1 saturated heterocycles. The standard InChI is InChI=1S/C11H13NO2/c1-11(6-14-7-11)9-4-2-8(3-5-9)10(12)13/h2-5H,6-7H2,1H3,(H2,12,13). The van der Waals surface area contributed by atoms with Gasteiger partial charge >= 0.3 is 0 Å². The Morgan fingerprint density at radius 3 is 2.29 bits per heavy atom. The van der Waals surface area contributed by atoms with Crippen LogP contribution in [0.25, 0.3) is 0 Å². The highest BCUT2D eigenvalue weighted by Crippen LogP contribution is 2.31. The molecule has 1 aromatic carbocycles. The molecule has 3 heteroatoms. The molecule has 0 aromatic heterocycles. The molecule has 1 aliphatic rings. The van der Waals surface area contributed by atoms with Gasteiger partial charge in [0, 0.05) is 11.0 Å². The maximum atomic E-state index is 10.8. The van der Waals surface area contributed by atoms with Crippen LogP contribution in [0, 0.1) is 0 Å². The second kappa shape index (κ2) is 3.10. The fraction of sp³-hybridized carbons (Fsp3) is 0.364. The van der Waals surface area contributed by atoms with E-state index >= 15 is 0 Å². The molecule has 1 amide bonds. The zero-order chi connectivity index (χ0) is 10.2. The van der Waals surface area contributed by atoms with Gasteiger partial charge in [0.25, 0.3) is 0 Å². The van der Waals surface area contributed by atoms with Crippen molar-refractivity contribution < 1.29 is 9.53 Å². The van der Waals surface area contributed by atoms with Crippen molar-refractivity contribution in [3.05, 3.63) is 35.4 Å². The Labute approximate surface area is 82.9 Å². The first-order valence-corrected chi connectivity index (χ1v) is 4.60. The lowest BCUT2D eigenvalue weighted by Crippen LogP contribution is -2.43. The number of carbonyl (C=O) groups is 1. The Bertz CT molecular complexity index is 352. The van der Waals surface area contributed by atoms with Gasteiger partial charge < -0.3 is 10.5 Å². The number of rotatable bonds is 2. The number of carbonyl (C=O) groups excluding carboxylic acids is 1. The molecular weight excluding hydrogens is 178 g/mol. The molecule has 0 bridgehead atoms. The molecule has 74 valence electrons. The maximum absolute atomic E-state index is 10.8. The third-order valence-corrected chi connectivity index (χ3v) is 2.71. The lowest BCUT2D eigenvalue weighted by molar-refractivity contribution is -0.0500. The Hall–Kier alpha value is -1.35. The van der Waals surface area contributed by atoms with Crippen LogP contribution in [0.1, 0.15) is 22.8 Å². The molecule has 2 rings (SSSR count). The summed E-state index contributed by atoms with van der Waals surface area (Å²) in [6.07, 6.45) is 0. The summed E-state index contributed by atoms with van der Waals surface area (Å²) in [6.45, 7) is 3.65. The van der Waals surface area contributed by atoms with Crippen LogP contribution >= 0.6 is 0 Å². The van der Waals surface area contributed by atoms with Gasteiger partial charge in [-0.2, -0.15) is 0 Å². The van der Waals surface area contributed by atoms with Crippen LogP contribution in [0.15, 0.2) is 24.3 Å². The van der Waals surface area contributed by atoms with E-state index in [0.29, 0.717) is 5.56 Å². The normalized spacial score (nSPS) is 18.6. The van der Waals surface area contributed by atoms with Crippen molar-refractivity contribution in [1.29, 1.82) is 0 Å². The summed E-state index contributed by atoms with van der Waals surface area (Å²) in [7, 11) is 0. The van der Waals surface area contributed by atoms with Crippen molar-refractivity contribution in [3.63, 3.8) is 0 Å². The van der Waals surface area contributed by atoms with Gasteiger partial charge in [-0.1, -0.05) is 19.1 Å². The van der Waals surface area contributed by atoms with Gasteiger partial charge in [-0.05, 0) is 17.7 Å². The first-order valence-electron chi connectivity index (χ1n) is 4.60. The smallest absolute Gasteiger partial charge is 0.248 e. The summed E-state index contributed by atoms with van der Waals surface area (Å²) in [5, 5.41) is 0. The van der Waals surface area contributed by atoms with Crippen molar-refractivity contribution in [2.24, 2.45) is 5.73 Å². The molecule has 3 nitrogen and oxygen atoms in total. The SMILES string of the molecule is CC1(c2ccc(C(N)=O)cc2)COC1. The lowest BCUT2D eigenvalue weighted by Gasteiger charge is -2.38. The maximum Gasteiger partial charge on any atom is 0.248 e. The fourth-order valence-corrected chi connectivity index (χ4v) is 1.61. The first kappa shape index (κ1) is 9.21. The van der Waals surface area contributed by atoms with Gasteiger partial charge in [0.1, 0.15) is 0 Å². The second-order valence-electron chi connectivity index (χ2n) is 4.00. The summed E-state index contributed by atoms with van der Waals surface area (Å²) in [5.74, 6) is -0.383. The highest BCUT2D eigenvalue weighted by Gasteiger charge is 2.34. The van der Waals surface area contributed by atoms with Crippen molar-refractivity contribution >= 4 is 5.91 Å². The molecule has 14 heavy (non-hydrogen) atoms. The van der Waals surface area contributed by atoms with Crippen LogP contribution in [0.4, 0.5) is 0 Å². The molecule has 1 aliphatic heterocycles. The summed E-state index contributed by atoms with van der Waals surface area (Å²) >= 11 is 0. The van der Waals surface area contributed by atoms with Crippen molar-refractivity contribution in [1.82, 2.24) is 0 Å². The monoisotopic (exact) mass is 191 g/mol. The van der Waals surface area contributed by atoms with Crippen molar-refractivity contribution in [2.75, 3.05) is 13.2 Å². The van der Waals surface area contributed by atoms with Crippen LogP contribution in [-0.4, -0.2) is 19.1 Å². The number of hydrogen-bond donors (Lipinski definition) is 1. The molecule has 2 N–H and O–H groups in total. The molecular formula is C11H13NO2. The third kappa shape index (κ3) is 1.40. The van der Waals surface area contributed by atoms with Gasteiger partial charge in [-0.3, -0.25) is 4.79 Å². The molecule has 0 saturated carbocycles. The first-order chi connectivity index (χ1) is 6.62. The van der Waals surface area contributed by atoms with E-state index in [1.165, 1.54) is 5.56 Å². The van der Waals surface area contributed by atoms with Crippen molar-refractivity contribution in [3.8, 4) is 0 Å². The van der Waals surface area contributed by atoms with Crippen LogP contribution in [0.3, 0.4) is 0 Å². The quantitative estimate of drug-likeness (QED) is 0.760. The molecule has 1 aromatic rings. The largest absolute Gasteiger partial charge is 0.379 e. The van der Waals surface area contributed by atoms with Crippen molar-refractivity contribution in [2.45, 2.75) is 12.3 Å². The zero-order valence-corrected chi connectivity index (χ0v) is 8.12. The number of primary amides is 1. The second-order valence-corrected chi connectivity index (χ2v) is 4.00. The molecule has 0 unspecified atom stereocenters. The highest BCUT2D eigenvalue weighted by molar-refractivity contribution is 5.92. The summed E-state index contributed by atoms with van der Waals surface area (Å²) in [5.41, 5.74) is 7.03. The average molecular weight is 191 g/mol. The number of amides is 1. The topological polar surface area (TPSA) is 52.3 Å². The number of nitrogens with two attached hydrogens (primary N) is 1. The van der Waals surface area contributed by atoms with Gasteiger partial charge in [-0.25, -0.2) is 0 Å². The van der Waals surface area contributed by atoms with E-state index in [-0.39, 0.29) is 11.3 Å². The van der Waals surface area contributed by atoms with Gasteiger partial charge in [-0.15, -0.1) is 0 Å². The Balaban J connectivity index is 2.25. The Morgan fingerprint density at radius 2 is 1.93 bits per heavy atom. The van der Waals surface area contributed by atoms with E-state index in [9.17, 15) is 4.79 Å². The van der Waals surface area contributed by atoms with E-state index < -0.39 is 0 Å². The summed E-state index contributed by atoms with van der Waals surface area (Å²) in [6, 6.07) is 7.42. The molecule has 0 aliphatic carbocycles. The minimum atomic E-state index is -0.383. The van der Waals surface area contributed by atoms with Gasteiger partial charge in [0.15, 0.2) is 0 Å². The third-order valence-electron chi connectivity index (χ3n) is 2.71. The summed E-state index contributed by atoms with van der Waals surface area (Å²) < 4.78 is 5.18. The number of benzene rings is 1. The number of hydrogen-bond acceptors (Lipinski definition) is 2. The lowest BCUT2D eigenvalue weighted by atomic mass is 9.80. The van der Waals surface area contributed by atoms with Gasteiger partial charge in [0.2, 0.25) is 5.91 Å². The number of ether oxygens (including phenoxy) is 1. The molecule has 1 heterocycles. The zero-order valence-electron chi connectivity index (χ0n) is 8.12. The van der Waals surface area contributed by atoms with Crippen LogP contribution in [-0.2, 0) is 10.2 Å². The fourth-order valence-electron chi connectivity index (χ4n) is 1.61. The molecule has 0 radical (unpaired) electrons. The predicted octanol–water partition coefficient (Wildman–Crippen LogP) is 1.07. The van der Waals surface area contributed by atoms with Gasteiger partial charge in [0.05, 0.1) is 13.2 Å². The average Bonchev–Trinajstić information content (AvgIpc) is 2.14. The minimum absolute atomic E-state index is 0.121. The Kier molecular flexibility index (Phi) is 2.04. The van der Waals surface area contributed by atoms with Crippen LogP contribution < -0.4 is 5.73 Å². The molecule has 0 spiro atoms. The molecule has 1 fully saturated rings. The summed E-state index contributed by atoms with van der Waals surface area (Å²) in [4.78, 5) is 10.8. The van der Waals surface area contributed by atoms with E-state index in [1.807, 2.05) is 12.1 Å². The van der Waals surface area contributed by atoms with E-state index in [2.05, 4.69) is 6.92 Å².